The van der Waals surface area contributed by atoms with E-state index in [1.807, 2.05) is 34.9 Å². The van der Waals surface area contributed by atoms with Crippen LogP contribution in [0.5, 0.6) is 0 Å². The van der Waals surface area contributed by atoms with Crippen LogP contribution in [-0.2, 0) is 16.8 Å². The molecule has 4 aromatic rings. The molecule has 164 valence electrons. The van der Waals surface area contributed by atoms with Crippen LogP contribution in [0.4, 0.5) is 5.13 Å². The third kappa shape index (κ3) is 4.92. The Kier molecular flexibility index (Phi) is 6.43. The molecule has 1 amide bonds. The molecule has 0 fully saturated rings. The SMILES string of the molecule is C=CCn1c(SCC(=O)Nc2nc3ccccc3s2)nnc1-c1ccc(C(C)(C)C)cc1. The van der Waals surface area contributed by atoms with E-state index >= 15 is 0 Å². The summed E-state index contributed by atoms with van der Waals surface area (Å²) in [6.45, 7) is 11.0. The van der Waals surface area contributed by atoms with E-state index in [4.69, 9.17) is 0 Å². The van der Waals surface area contributed by atoms with Crippen molar-refractivity contribution in [2.24, 2.45) is 0 Å². The van der Waals surface area contributed by atoms with Crippen molar-refractivity contribution in [3.63, 3.8) is 0 Å². The monoisotopic (exact) mass is 463 g/mol. The third-order valence-electron chi connectivity index (χ3n) is 4.91. The van der Waals surface area contributed by atoms with Crippen molar-refractivity contribution < 1.29 is 4.79 Å². The second kappa shape index (κ2) is 9.26. The number of nitrogens with zero attached hydrogens (tertiary/aromatic N) is 4. The number of aromatic nitrogens is 4. The average molecular weight is 464 g/mol. The average Bonchev–Trinajstić information content (AvgIpc) is 3.35. The summed E-state index contributed by atoms with van der Waals surface area (Å²) in [5.41, 5.74) is 3.22. The molecule has 0 aliphatic rings. The first-order valence-electron chi connectivity index (χ1n) is 10.3. The lowest BCUT2D eigenvalue weighted by molar-refractivity contribution is -0.113. The van der Waals surface area contributed by atoms with E-state index in [0.29, 0.717) is 16.8 Å². The van der Waals surface area contributed by atoms with Crippen LogP contribution in [0.15, 0.2) is 66.3 Å². The number of amides is 1. The molecule has 0 unspecified atom stereocenters. The first-order chi connectivity index (χ1) is 15.3. The van der Waals surface area contributed by atoms with Crippen LogP contribution < -0.4 is 5.32 Å². The second-order valence-corrected chi connectivity index (χ2v) is 10.3. The molecule has 4 rings (SSSR count). The predicted octanol–water partition coefficient (Wildman–Crippen LogP) is 5.77. The second-order valence-electron chi connectivity index (χ2n) is 8.36. The fraction of sp³-hybridized carbons (Fsp3) is 0.250. The maximum absolute atomic E-state index is 12.5. The first kappa shape index (κ1) is 22.2. The Bertz CT molecular complexity index is 1220. The molecule has 0 saturated carbocycles. The lowest BCUT2D eigenvalue weighted by atomic mass is 9.87. The molecule has 8 heteroatoms. The van der Waals surface area contributed by atoms with Crippen LogP contribution in [0, 0.1) is 0 Å². The van der Waals surface area contributed by atoms with Gasteiger partial charge in [-0.05, 0) is 23.1 Å². The standard InChI is InChI=1S/C24H25N5OS2/c1-5-14-29-21(16-10-12-17(13-11-16)24(2,3)4)27-28-23(29)31-15-20(30)26-22-25-18-8-6-7-9-19(18)32-22/h5-13H,1,14-15H2,2-4H3,(H,25,26,30). The highest BCUT2D eigenvalue weighted by Gasteiger charge is 2.17. The van der Waals surface area contributed by atoms with Gasteiger partial charge in [-0.3, -0.25) is 9.36 Å². The Morgan fingerprint density at radius 1 is 1.16 bits per heavy atom. The molecule has 2 heterocycles. The molecular formula is C24H25N5OS2. The Morgan fingerprint density at radius 2 is 1.91 bits per heavy atom. The summed E-state index contributed by atoms with van der Waals surface area (Å²) < 4.78 is 3.03. The zero-order chi connectivity index (χ0) is 22.7. The Morgan fingerprint density at radius 3 is 2.59 bits per heavy atom. The topological polar surface area (TPSA) is 72.7 Å². The zero-order valence-electron chi connectivity index (χ0n) is 18.3. The summed E-state index contributed by atoms with van der Waals surface area (Å²) in [6.07, 6.45) is 1.81. The zero-order valence-corrected chi connectivity index (χ0v) is 20.0. The van der Waals surface area contributed by atoms with Gasteiger partial charge in [-0.2, -0.15) is 0 Å². The molecule has 0 saturated heterocycles. The molecule has 0 bridgehead atoms. The van der Waals surface area contributed by atoms with Crippen molar-refractivity contribution >= 4 is 44.4 Å². The summed E-state index contributed by atoms with van der Waals surface area (Å²) in [5.74, 6) is 0.853. The molecule has 32 heavy (non-hydrogen) atoms. The minimum atomic E-state index is -0.127. The number of para-hydroxylation sites is 1. The molecule has 0 aliphatic heterocycles. The van der Waals surface area contributed by atoms with Crippen LogP contribution in [0.1, 0.15) is 26.3 Å². The van der Waals surface area contributed by atoms with E-state index in [0.717, 1.165) is 21.6 Å². The predicted molar refractivity (Wildman–Crippen MR) is 133 cm³/mol. The number of allylic oxidation sites excluding steroid dienone is 1. The molecule has 1 N–H and O–H groups in total. The van der Waals surface area contributed by atoms with Crippen LogP contribution in [-0.4, -0.2) is 31.4 Å². The maximum Gasteiger partial charge on any atom is 0.236 e. The summed E-state index contributed by atoms with van der Waals surface area (Å²) >= 11 is 2.81. The Hall–Kier alpha value is -2.97. The fourth-order valence-electron chi connectivity index (χ4n) is 3.23. The van der Waals surface area contributed by atoms with E-state index in [9.17, 15) is 4.79 Å². The van der Waals surface area contributed by atoms with E-state index in [1.165, 1.54) is 28.7 Å². The lowest BCUT2D eigenvalue weighted by Crippen LogP contribution is -2.14. The summed E-state index contributed by atoms with van der Waals surface area (Å²) in [6, 6.07) is 16.2. The number of rotatable bonds is 7. The van der Waals surface area contributed by atoms with Gasteiger partial charge in [0.05, 0.1) is 16.0 Å². The van der Waals surface area contributed by atoms with Gasteiger partial charge in [0.25, 0.3) is 0 Å². The van der Waals surface area contributed by atoms with Crippen molar-refractivity contribution in [2.75, 3.05) is 11.1 Å². The first-order valence-corrected chi connectivity index (χ1v) is 12.1. The van der Waals surface area contributed by atoms with Gasteiger partial charge in [-0.25, -0.2) is 4.98 Å². The minimum absolute atomic E-state index is 0.0883. The number of nitrogens with one attached hydrogen (secondary N) is 1. The quantitative estimate of drug-likeness (QED) is 0.278. The van der Waals surface area contributed by atoms with E-state index in [1.54, 1.807) is 0 Å². The number of carbonyl (C=O) groups excluding carboxylic acids is 1. The fourth-order valence-corrected chi connectivity index (χ4v) is 4.86. The Balaban J connectivity index is 1.47. The highest BCUT2D eigenvalue weighted by molar-refractivity contribution is 7.99. The van der Waals surface area contributed by atoms with Gasteiger partial charge in [0.2, 0.25) is 5.91 Å². The number of carbonyl (C=O) groups is 1. The number of anilines is 1. The van der Waals surface area contributed by atoms with Crippen LogP contribution in [0.25, 0.3) is 21.6 Å². The number of fused-ring (bicyclic) bond motifs is 1. The molecular weight excluding hydrogens is 438 g/mol. The minimum Gasteiger partial charge on any atom is -0.301 e. The number of thiazole rings is 1. The van der Waals surface area contributed by atoms with Gasteiger partial charge >= 0.3 is 0 Å². The highest BCUT2D eigenvalue weighted by atomic mass is 32.2. The smallest absolute Gasteiger partial charge is 0.236 e. The lowest BCUT2D eigenvalue weighted by Gasteiger charge is -2.19. The van der Waals surface area contributed by atoms with E-state index < -0.39 is 0 Å². The molecule has 0 radical (unpaired) electrons. The van der Waals surface area contributed by atoms with Gasteiger partial charge in [-0.1, -0.05) is 86.3 Å². The molecule has 0 aliphatic carbocycles. The van der Waals surface area contributed by atoms with Gasteiger partial charge < -0.3 is 5.32 Å². The van der Waals surface area contributed by atoms with Crippen molar-refractivity contribution in [2.45, 2.75) is 37.9 Å². The van der Waals surface area contributed by atoms with Crippen molar-refractivity contribution in [3.05, 3.63) is 66.7 Å². The molecule has 0 spiro atoms. The Labute approximate surface area is 195 Å². The number of hydrogen-bond acceptors (Lipinski definition) is 6. The number of benzene rings is 2. The van der Waals surface area contributed by atoms with Crippen LogP contribution in [0.3, 0.4) is 0 Å². The summed E-state index contributed by atoms with van der Waals surface area (Å²) in [7, 11) is 0. The third-order valence-corrected chi connectivity index (χ3v) is 6.83. The van der Waals surface area contributed by atoms with Crippen LogP contribution >= 0.6 is 23.1 Å². The molecule has 6 nitrogen and oxygen atoms in total. The summed E-state index contributed by atoms with van der Waals surface area (Å²) in [4.78, 5) is 17.0. The van der Waals surface area contributed by atoms with Gasteiger partial charge in [0.15, 0.2) is 16.1 Å². The maximum atomic E-state index is 12.5. The van der Waals surface area contributed by atoms with Gasteiger partial charge in [-0.15, -0.1) is 16.8 Å². The molecule has 2 aromatic heterocycles. The summed E-state index contributed by atoms with van der Waals surface area (Å²) in [5, 5.41) is 12.9. The van der Waals surface area contributed by atoms with Crippen molar-refractivity contribution in [3.8, 4) is 11.4 Å². The highest BCUT2D eigenvalue weighted by Crippen LogP contribution is 2.29. The largest absolute Gasteiger partial charge is 0.301 e. The van der Waals surface area contributed by atoms with E-state index in [2.05, 4.69) is 72.1 Å². The van der Waals surface area contributed by atoms with Gasteiger partial charge in [0, 0.05) is 12.1 Å². The number of hydrogen-bond donors (Lipinski definition) is 1. The normalized spacial score (nSPS) is 11.6. The van der Waals surface area contributed by atoms with Crippen LogP contribution in [0.2, 0.25) is 0 Å². The van der Waals surface area contributed by atoms with E-state index in [-0.39, 0.29) is 17.1 Å². The number of thioether (sulfide) groups is 1. The molecule has 0 atom stereocenters. The van der Waals surface area contributed by atoms with Gasteiger partial charge in [0.1, 0.15) is 0 Å². The molecule has 2 aromatic carbocycles. The van der Waals surface area contributed by atoms with Crippen molar-refractivity contribution in [1.82, 2.24) is 19.7 Å². The van der Waals surface area contributed by atoms with Crippen molar-refractivity contribution in [1.29, 1.82) is 0 Å².